The second-order valence-electron chi connectivity index (χ2n) is 4.16. The quantitative estimate of drug-likeness (QED) is 0.781. The van der Waals surface area contributed by atoms with Gasteiger partial charge in [0.2, 0.25) is 0 Å². The first-order valence-electron chi connectivity index (χ1n) is 5.53. The number of β-amino-alcohol motifs (C(OH)–C–C–N with tert-alkyl or cyclic N) is 1. The molecule has 1 aliphatic rings. The first kappa shape index (κ1) is 9.60. The van der Waals surface area contributed by atoms with Crippen LogP contribution in [-0.2, 0) is 0 Å². The maximum Gasteiger partial charge on any atom is 0.136 e. The van der Waals surface area contributed by atoms with Crippen molar-refractivity contribution in [2.75, 3.05) is 18.0 Å². The van der Waals surface area contributed by atoms with Gasteiger partial charge < -0.3 is 10.0 Å². The molecule has 2 aromatic rings. The highest BCUT2D eigenvalue weighted by Crippen LogP contribution is 2.26. The molecule has 1 unspecified atom stereocenters. The average Bonchev–Trinajstić information content (AvgIpc) is 2.75. The molecule has 1 saturated heterocycles. The molecule has 0 spiro atoms. The number of hydrogen-bond donors (Lipinski definition) is 1. The number of hydrogen-bond acceptors (Lipinski definition) is 3. The molecule has 1 aliphatic heterocycles. The fourth-order valence-corrected chi connectivity index (χ4v) is 2.22. The Morgan fingerprint density at radius 3 is 3.06 bits per heavy atom. The Morgan fingerprint density at radius 1 is 1.38 bits per heavy atom. The van der Waals surface area contributed by atoms with Gasteiger partial charge in [0, 0.05) is 30.7 Å². The number of pyridine rings is 1. The molecule has 16 heavy (non-hydrogen) atoms. The lowest BCUT2D eigenvalue weighted by atomic mass is 10.1. The molecule has 3 nitrogen and oxygen atoms in total. The summed E-state index contributed by atoms with van der Waals surface area (Å²) in [6, 6.07) is 11.2. The predicted molar refractivity (Wildman–Crippen MR) is 63.4 cm³/mol. The van der Waals surface area contributed by atoms with Crippen LogP contribution in [0, 0.1) is 6.07 Å². The second kappa shape index (κ2) is 3.76. The van der Waals surface area contributed by atoms with E-state index in [1.54, 1.807) is 6.20 Å². The zero-order chi connectivity index (χ0) is 11.0. The fourth-order valence-electron chi connectivity index (χ4n) is 2.22. The first-order chi connectivity index (χ1) is 7.84. The Morgan fingerprint density at radius 2 is 2.25 bits per heavy atom. The minimum atomic E-state index is -0.218. The Balaban J connectivity index is 2.09. The maximum absolute atomic E-state index is 9.56. The van der Waals surface area contributed by atoms with Gasteiger partial charge in [0.1, 0.15) is 5.82 Å². The molecule has 0 saturated carbocycles. The van der Waals surface area contributed by atoms with Gasteiger partial charge in [0.15, 0.2) is 0 Å². The molecule has 1 fully saturated rings. The van der Waals surface area contributed by atoms with Crippen molar-refractivity contribution in [3.8, 4) is 0 Å². The summed E-state index contributed by atoms with van der Waals surface area (Å²) in [6.07, 6.45) is 2.32. The molecule has 1 N–H and O–H groups in total. The van der Waals surface area contributed by atoms with Gasteiger partial charge in [-0.05, 0) is 11.8 Å². The highest BCUT2D eigenvalue weighted by molar-refractivity contribution is 5.91. The van der Waals surface area contributed by atoms with Crippen LogP contribution in [0.3, 0.4) is 0 Å². The molecular formula is C13H13N2O. The van der Waals surface area contributed by atoms with Crippen LogP contribution in [0.2, 0.25) is 0 Å². The van der Waals surface area contributed by atoms with Gasteiger partial charge in [-0.1, -0.05) is 24.3 Å². The van der Waals surface area contributed by atoms with Gasteiger partial charge in [-0.15, -0.1) is 0 Å². The van der Waals surface area contributed by atoms with Crippen LogP contribution in [0.1, 0.15) is 6.42 Å². The summed E-state index contributed by atoms with van der Waals surface area (Å²) >= 11 is 0. The van der Waals surface area contributed by atoms with Crippen molar-refractivity contribution in [1.29, 1.82) is 0 Å². The molecule has 1 radical (unpaired) electrons. The standard InChI is InChI=1S/C13H13N2O/c16-11-6-8-15(9-11)13-12-4-2-1-3-10(12)5-7-14-13/h1-4,7,11,16H,6,8-9H2. The van der Waals surface area contributed by atoms with Crippen molar-refractivity contribution >= 4 is 16.6 Å². The van der Waals surface area contributed by atoms with E-state index < -0.39 is 0 Å². The summed E-state index contributed by atoms with van der Waals surface area (Å²) < 4.78 is 0. The third-order valence-corrected chi connectivity index (χ3v) is 3.04. The summed E-state index contributed by atoms with van der Waals surface area (Å²) in [6.45, 7) is 1.56. The minimum absolute atomic E-state index is 0.218. The minimum Gasteiger partial charge on any atom is -0.391 e. The summed E-state index contributed by atoms with van der Waals surface area (Å²) in [5, 5.41) is 11.7. The van der Waals surface area contributed by atoms with Crippen molar-refractivity contribution in [2.45, 2.75) is 12.5 Å². The Labute approximate surface area is 94.3 Å². The SMILES string of the molecule is OC1CCN(c2nc[c]c3ccccc23)C1. The molecular weight excluding hydrogens is 200 g/mol. The number of benzene rings is 1. The lowest BCUT2D eigenvalue weighted by molar-refractivity contribution is 0.198. The highest BCUT2D eigenvalue weighted by Gasteiger charge is 2.22. The number of fused-ring (bicyclic) bond motifs is 1. The highest BCUT2D eigenvalue weighted by atomic mass is 16.3. The van der Waals surface area contributed by atoms with Crippen LogP contribution >= 0.6 is 0 Å². The number of anilines is 1. The molecule has 2 heterocycles. The number of aromatic nitrogens is 1. The van der Waals surface area contributed by atoms with E-state index >= 15 is 0 Å². The van der Waals surface area contributed by atoms with Crippen LogP contribution in [-0.4, -0.2) is 29.3 Å². The lowest BCUT2D eigenvalue weighted by Crippen LogP contribution is -2.22. The summed E-state index contributed by atoms with van der Waals surface area (Å²) in [7, 11) is 0. The molecule has 1 aromatic heterocycles. The van der Waals surface area contributed by atoms with Gasteiger partial charge in [0.05, 0.1) is 6.10 Å². The molecule has 81 valence electrons. The van der Waals surface area contributed by atoms with Crippen molar-refractivity contribution in [3.05, 3.63) is 36.5 Å². The van der Waals surface area contributed by atoms with Crippen molar-refractivity contribution < 1.29 is 5.11 Å². The number of aliphatic hydroxyl groups is 1. The van der Waals surface area contributed by atoms with E-state index in [-0.39, 0.29) is 6.10 Å². The third-order valence-electron chi connectivity index (χ3n) is 3.04. The summed E-state index contributed by atoms with van der Waals surface area (Å²) in [5.41, 5.74) is 0. The number of nitrogens with zero attached hydrogens (tertiary/aromatic N) is 2. The number of aliphatic hydroxyl groups excluding tert-OH is 1. The monoisotopic (exact) mass is 213 g/mol. The van der Waals surface area contributed by atoms with E-state index in [0.717, 1.165) is 29.6 Å². The molecule has 3 rings (SSSR count). The van der Waals surface area contributed by atoms with E-state index in [9.17, 15) is 5.11 Å². The molecule has 1 aromatic carbocycles. The van der Waals surface area contributed by atoms with Gasteiger partial charge in [-0.2, -0.15) is 0 Å². The van der Waals surface area contributed by atoms with E-state index in [4.69, 9.17) is 0 Å². The topological polar surface area (TPSA) is 36.4 Å². The van der Waals surface area contributed by atoms with Crippen molar-refractivity contribution in [1.82, 2.24) is 4.98 Å². The zero-order valence-electron chi connectivity index (χ0n) is 8.93. The average molecular weight is 213 g/mol. The zero-order valence-corrected chi connectivity index (χ0v) is 8.93. The molecule has 1 atom stereocenters. The fraction of sp³-hybridized carbons (Fsp3) is 0.308. The van der Waals surface area contributed by atoms with Crippen LogP contribution < -0.4 is 4.90 Å². The summed E-state index contributed by atoms with van der Waals surface area (Å²) in [5.74, 6) is 0.964. The van der Waals surface area contributed by atoms with Gasteiger partial charge in [0.25, 0.3) is 0 Å². The van der Waals surface area contributed by atoms with Crippen LogP contribution in [0.15, 0.2) is 30.5 Å². The lowest BCUT2D eigenvalue weighted by Gasteiger charge is -2.18. The second-order valence-corrected chi connectivity index (χ2v) is 4.16. The molecule has 0 amide bonds. The number of rotatable bonds is 1. The molecule has 3 heteroatoms. The first-order valence-corrected chi connectivity index (χ1v) is 5.53. The van der Waals surface area contributed by atoms with Crippen molar-refractivity contribution in [2.24, 2.45) is 0 Å². The Hall–Kier alpha value is -1.61. The van der Waals surface area contributed by atoms with Gasteiger partial charge >= 0.3 is 0 Å². The largest absolute Gasteiger partial charge is 0.391 e. The maximum atomic E-state index is 9.56. The van der Waals surface area contributed by atoms with E-state index in [2.05, 4.69) is 22.0 Å². The smallest absolute Gasteiger partial charge is 0.136 e. The predicted octanol–water partition coefficient (Wildman–Crippen LogP) is 1.61. The van der Waals surface area contributed by atoms with Crippen LogP contribution in [0.25, 0.3) is 10.8 Å². The van der Waals surface area contributed by atoms with Gasteiger partial charge in [-0.25, -0.2) is 4.98 Å². The van der Waals surface area contributed by atoms with E-state index in [1.807, 2.05) is 18.2 Å². The Kier molecular flexibility index (Phi) is 2.26. The van der Waals surface area contributed by atoms with Gasteiger partial charge in [-0.3, -0.25) is 0 Å². The molecule has 0 bridgehead atoms. The van der Waals surface area contributed by atoms with E-state index in [1.165, 1.54) is 0 Å². The Bertz CT molecular complexity index is 507. The van der Waals surface area contributed by atoms with E-state index in [0.29, 0.717) is 6.54 Å². The third kappa shape index (κ3) is 1.53. The van der Waals surface area contributed by atoms with Crippen molar-refractivity contribution in [3.63, 3.8) is 0 Å². The summed E-state index contributed by atoms with van der Waals surface area (Å²) in [4.78, 5) is 6.52. The van der Waals surface area contributed by atoms with Crippen LogP contribution in [0.5, 0.6) is 0 Å². The molecule has 0 aliphatic carbocycles. The van der Waals surface area contributed by atoms with Crippen LogP contribution in [0.4, 0.5) is 5.82 Å². The normalized spacial score (nSPS) is 20.6.